The van der Waals surface area contributed by atoms with Gasteiger partial charge in [0.2, 0.25) is 5.95 Å². The number of nitrogens with zero attached hydrogens (tertiary/aromatic N) is 3. The smallest absolute Gasteiger partial charge is 0.223 e. The summed E-state index contributed by atoms with van der Waals surface area (Å²) in [4.78, 5) is 13.2. The van der Waals surface area contributed by atoms with Crippen LogP contribution in [-0.2, 0) is 0 Å². The molecule has 0 unspecified atom stereocenters. The van der Waals surface area contributed by atoms with E-state index in [4.69, 9.17) is 27.1 Å². The Hall–Kier alpha value is -2.16. The zero-order valence-electron chi connectivity index (χ0n) is 15.5. The second-order valence-corrected chi connectivity index (χ2v) is 8.27. The van der Waals surface area contributed by atoms with E-state index >= 15 is 0 Å². The van der Waals surface area contributed by atoms with Crippen LogP contribution in [0.25, 0.3) is 20.8 Å². The fraction of sp³-hybridized carbons (Fsp3) is 0.421. The predicted molar refractivity (Wildman–Crippen MR) is 113 cm³/mol. The Morgan fingerprint density at radius 2 is 2.18 bits per heavy atom. The minimum Gasteiger partial charge on any atom is -0.494 e. The van der Waals surface area contributed by atoms with E-state index in [1.807, 2.05) is 25.1 Å². The molecule has 9 heteroatoms. The molecule has 0 saturated heterocycles. The summed E-state index contributed by atoms with van der Waals surface area (Å²) in [6, 6.07) is 6.02. The number of ether oxygens (including phenoxy) is 1. The molecule has 0 radical (unpaired) electrons. The monoisotopic (exact) mass is 419 g/mol. The van der Waals surface area contributed by atoms with E-state index in [0.29, 0.717) is 23.9 Å². The van der Waals surface area contributed by atoms with Crippen molar-refractivity contribution in [1.82, 2.24) is 15.0 Å². The van der Waals surface area contributed by atoms with Crippen molar-refractivity contribution in [3.8, 4) is 16.3 Å². The number of nitrogens with one attached hydrogen (secondary N) is 1. The second-order valence-electron chi connectivity index (χ2n) is 6.88. The number of anilines is 2. The Morgan fingerprint density at radius 3 is 2.93 bits per heavy atom. The quantitative estimate of drug-likeness (QED) is 0.519. The van der Waals surface area contributed by atoms with Gasteiger partial charge in [-0.2, -0.15) is 4.98 Å². The summed E-state index contributed by atoms with van der Waals surface area (Å²) in [7, 11) is 0. The molecule has 3 aromatic rings. The fourth-order valence-corrected chi connectivity index (χ4v) is 4.94. The average Bonchev–Trinajstić information content (AvgIpc) is 3.27. The molecule has 0 spiro atoms. The highest BCUT2D eigenvalue weighted by Crippen LogP contribution is 2.40. The molecule has 2 aromatic heterocycles. The fourth-order valence-electron chi connectivity index (χ4n) is 3.58. The van der Waals surface area contributed by atoms with Crippen molar-refractivity contribution in [2.45, 2.75) is 32.2 Å². The van der Waals surface area contributed by atoms with Crippen molar-refractivity contribution >= 4 is 44.9 Å². The Kier molecular flexibility index (Phi) is 5.52. The molecule has 4 N–H and O–H groups in total. The number of rotatable bonds is 6. The lowest BCUT2D eigenvalue weighted by Gasteiger charge is -2.16. The van der Waals surface area contributed by atoms with Crippen LogP contribution < -0.4 is 15.8 Å². The van der Waals surface area contributed by atoms with Gasteiger partial charge in [-0.05, 0) is 50.3 Å². The molecule has 1 saturated carbocycles. The van der Waals surface area contributed by atoms with Gasteiger partial charge >= 0.3 is 0 Å². The minimum absolute atomic E-state index is 0.118. The van der Waals surface area contributed by atoms with Crippen molar-refractivity contribution in [3.63, 3.8) is 0 Å². The van der Waals surface area contributed by atoms with Crippen LogP contribution in [0.4, 0.5) is 11.8 Å². The molecule has 148 valence electrons. The van der Waals surface area contributed by atoms with E-state index in [0.717, 1.165) is 40.2 Å². The maximum absolute atomic E-state index is 9.40. The van der Waals surface area contributed by atoms with Gasteiger partial charge in [0, 0.05) is 12.6 Å². The van der Waals surface area contributed by atoms with E-state index in [1.165, 1.54) is 11.3 Å². The maximum atomic E-state index is 9.40. The number of nitrogen functional groups attached to an aromatic ring is 1. The number of hydrogen-bond donors (Lipinski definition) is 3. The third-order valence-electron chi connectivity index (χ3n) is 4.91. The van der Waals surface area contributed by atoms with Gasteiger partial charge < -0.3 is 20.9 Å². The molecule has 4 rings (SSSR count). The second kappa shape index (κ2) is 8.06. The van der Waals surface area contributed by atoms with Gasteiger partial charge in [0.25, 0.3) is 0 Å². The van der Waals surface area contributed by atoms with Gasteiger partial charge in [-0.3, -0.25) is 0 Å². The lowest BCUT2D eigenvalue weighted by molar-refractivity contribution is 0.229. The largest absolute Gasteiger partial charge is 0.494 e. The van der Waals surface area contributed by atoms with Gasteiger partial charge in [0.15, 0.2) is 0 Å². The Morgan fingerprint density at radius 1 is 1.32 bits per heavy atom. The number of aliphatic hydroxyl groups excluding tert-OH is 1. The van der Waals surface area contributed by atoms with E-state index < -0.39 is 0 Å². The zero-order valence-corrected chi connectivity index (χ0v) is 17.1. The molecule has 2 heterocycles. The van der Waals surface area contributed by atoms with Crippen molar-refractivity contribution < 1.29 is 9.84 Å². The standard InChI is InChI=1S/C19H22ClN5O2S/c1-2-27-12-5-6-13-14(8-12)28-18(23-13)15-16(20)24-19(21)25-17(15)22-11-4-3-10(7-11)9-26/h5-6,8,10-11,26H,2-4,7,9H2,1H3,(H3,21,22,24,25)/t10-,11+/m1/s1. The van der Waals surface area contributed by atoms with E-state index in [2.05, 4.69) is 15.3 Å². The van der Waals surface area contributed by atoms with Crippen LogP contribution in [0.2, 0.25) is 5.15 Å². The van der Waals surface area contributed by atoms with Crippen molar-refractivity contribution in [2.24, 2.45) is 5.92 Å². The summed E-state index contributed by atoms with van der Waals surface area (Å²) < 4.78 is 6.58. The first kappa shape index (κ1) is 19.2. The van der Waals surface area contributed by atoms with Gasteiger partial charge in [0.05, 0.1) is 22.4 Å². The lowest BCUT2D eigenvalue weighted by Crippen LogP contribution is -2.18. The summed E-state index contributed by atoms with van der Waals surface area (Å²) in [5.74, 6) is 1.83. The summed E-state index contributed by atoms with van der Waals surface area (Å²) >= 11 is 7.96. The number of thiazole rings is 1. The number of halogens is 1. The van der Waals surface area contributed by atoms with Crippen molar-refractivity contribution in [2.75, 3.05) is 24.3 Å². The first-order valence-corrected chi connectivity index (χ1v) is 10.5. The maximum Gasteiger partial charge on any atom is 0.223 e. The number of nitrogens with two attached hydrogens (primary N) is 1. The molecule has 7 nitrogen and oxygen atoms in total. The van der Waals surface area contributed by atoms with Crippen LogP contribution in [0, 0.1) is 5.92 Å². The first-order chi connectivity index (χ1) is 13.6. The first-order valence-electron chi connectivity index (χ1n) is 9.31. The SMILES string of the molecule is CCOc1ccc2nc(-c3c(Cl)nc(N)nc3N[C@H]3CC[C@@H](CO)C3)sc2c1. The van der Waals surface area contributed by atoms with E-state index in [-0.39, 0.29) is 23.8 Å². The molecular formula is C19H22ClN5O2S. The highest BCUT2D eigenvalue weighted by Gasteiger charge is 2.27. The van der Waals surface area contributed by atoms with Crippen LogP contribution >= 0.6 is 22.9 Å². The molecule has 2 atom stereocenters. The summed E-state index contributed by atoms with van der Waals surface area (Å²) in [5, 5.41) is 13.8. The predicted octanol–water partition coefficient (Wildman–Crippen LogP) is 3.96. The number of benzene rings is 1. The third kappa shape index (κ3) is 3.85. The molecule has 1 aromatic carbocycles. The molecule has 0 bridgehead atoms. The number of hydrogen-bond acceptors (Lipinski definition) is 8. The van der Waals surface area contributed by atoms with E-state index in [1.54, 1.807) is 0 Å². The Balaban J connectivity index is 1.71. The molecule has 1 fully saturated rings. The van der Waals surface area contributed by atoms with Crippen LogP contribution in [-0.4, -0.2) is 39.3 Å². The highest BCUT2D eigenvalue weighted by molar-refractivity contribution is 7.21. The number of fused-ring (bicyclic) bond motifs is 1. The molecule has 28 heavy (non-hydrogen) atoms. The highest BCUT2D eigenvalue weighted by atomic mass is 35.5. The molecular weight excluding hydrogens is 398 g/mol. The van der Waals surface area contributed by atoms with E-state index in [9.17, 15) is 5.11 Å². The Bertz CT molecular complexity index is 996. The van der Waals surface area contributed by atoms with Crippen LogP contribution in [0.5, 0.6) is 5.75 Å². The summed E-state index contributed by atoms with van der Waals surface area (Å²) in [6.45, 7) is 2.77. The molecule has 0 aliphatic heterocycles. The normalized spacial score (nSPS) is 19.2. The number of aromatic nitrogens is 3. The Labute approximate surface area is 171 Å². The summed E-state index contributed by atoms with van der Waals surface area (Å²) in [5.41, 5.74) is 7.36. The van der Waals surface area contributed by atoms with Crippen LogP contribution in [0.3, 0.4) is 0 Å². The van der Waals surface area contributed by atoms with Crippen molar-refractivity contribution in [1.29, 1.82) is 0 Å². The van der Waals surface area contributed by atoms with Crippen LogP contribution in [0.1, 0.15) is 26.2 Å². The van der Waals surface area contributed by atoms with Gasteiger partial charge in [0.1, 0.15) is 21.7 Å². The number of aliphatic hydroxyl groups is 1. The third-order valence-corrected chi connectivity index (χ3v) is 6.22. The molecule has 0 amide bonds. The average molecular weight is 420 g/mol. The molecule has 1 aliphatic rings. The van der Waals surface area contributed by atoms with Crippen LogP contribution in [0.15, 0.2) is 18.2 Å². The van der Waals surface area contributed by atoms with Gasteiger partial charge in [-0.1, -0.05) is 11.6 Å². The lowest BCUT2D eigenvalue weighted by atomic mass is 10.1. The van der Waals surface area contributed by atoms with Gasteiger partial charge in [-0.15, -0.1) is 11.3 Å². The van der Waals surface area contributed by atoms with Crippen molar-refractivity contribution in [3.05, 3.63) is 23.4 Å². The minimum atomic E-state index is 0.118. The topological polar surface area (TPSA) is 106 Å². The summed E-state index contributed by atoms with van der Waals surface area (Å²) in [6.07, 6.45) is 2.83. The molecule has 1 aliphatic carbocycles. The zero-order chi connectivity index (χ0) is 19.7. The van der Waals surface area contributed by atoms with Gasteiger partial charge in [-0.25, -0.2) is 9.97 Å².